The molecule has 0 saturated heterocycles. The van der Waals surface area contributed by atoms with E-state index in [2.05, 4.69) is 16.0 Å². The molecule has 21 nitrogen and oxygen atoms in total. The number of aliphatic hydroxyl groups excluding tert-OH is 3. The van der Waals surface area contributed by atoms with Gasteiger partial charge in [-0.3, -0.25) is 4.79 Å². The number of aliphatic hydroxyl groups is 3. The number of carbonyl (C=O) groups is 1. The van der Waals surface area contributed by atoms with Gasteiger partial charge in [0.2, 0.25) is 0 Å². The van der Waals surface area contributed by atoms with E-state index in [1.165, 1.54) is 32.1 Å². The van der Waals surface area contributed by atoms with Crippen molar-refractivity contribution >= 4 is 5.78 Å². The number of rotatable bonds is 22. The Labute approximate surface area is 367 Å². The second-order valence-corrected chi connectivity index (χ2v) is 15.7. The quantitative estimate of drug-likeness (QED) is 0.0450. The van der Waals surface area contributed by atoms with Crippen LogP contribution in [0.2, 0.25) is 0 Å². The molecule has 1 saturated carbocycles. The Bertz CT molecular complexity index is 729. The summed E-state index contributed by atoms with van der Waals surface area (Å²) in [5.41, 5.74) is 62.9. The van der Waals surface area contributed by atoms with E-state index in [0.29, 0.717) is 57.1 Å². The SMILES string of the molecule is CC(CN)(CN)CN.CC(CN)CN.CN(C)CC(O)CN(C)C.CNCC(O)CNC.CNCCCN.NCC(=O)CN.NCC(O)CN.NCC1(CN)CCCCC1. The summed E-state index contributed by atoms with van der Waals surface area (Å²) in [5, 5.41) is 35.4. The van der Waals surface area contributed by atoms with Crippen molar-refractivity contribution in [3.05, 3.63) is 0 Å². The predicted octanol–water partition coefficient (Wildman–Crippen LogP) is -6.19. The van der Waals surface area contributed by atoms with Crippen LogP contribution in [0.3, 0.4) is 0 Å². The molecule has 30 N–H and O–H groups in total. The van der Waals surface area contributed by atoms with Crippen molar-refractivity contribution in [3.8, 4) is 0 Å². The molecule has 0 radical (unpaired) electrons. The van der Waals surface area contributed by atoms with Crippen LogP contribution >= 0.6 is 0 Å². The predicted molar refractivity (Wildman–Crippen MR) is 258 cm³/mol. The molecule has 372 valence electrons. The van der Waals surface area contributed by atoms with Gasteiger partial charge in [-0.15, -0.1) is 0 Å². The highest BCUT2D eigenvalue weighted by Gasteiger charge is 2.28. The molecule has 0 atom stereocenters. The second kappa shape index (κ2) is 55.9. The normalized spacial score (nSPS) is 12.8. The van der Waals surface area contributed by atoms with Crippen molar-refractivity contribution in [1.29, 1.82) is 0 Å². The highest BCUT2D eigenvalue weighted by atomic mass is 16.3. The molecule has 1 rings (SSSR count). The van der Waals surface area contributed by atoms with Crippen LogP contribution < -0.4 is 84.8 Å². The molecule has 0 aromatic heterocycles. The summed E-state index contributed by atoms with van der Waals surface area (Å²) in [6, 6.07) is 0. The molecule has 0 heterocycles. The molecule has 0 aromatic carbocycles. The molecule has 0 aromatic rings. The molecular weight excluding hydrogens is 771 g/mol. The average Bonchev–Trinajstić information content (AvgIpc) is 3.25. The summed E-state index contributed by atoms with van der Waals surface area (Å²) < 4.78 is 0. The summed E-state index contributed by atoms with van der Waals surface area (Å²) >= 11 is 0. The van der Waals surface area contributed by atoms with Gasteiger partial charge in [-0.25, -0.2) is 0 Å². The molecule has 0 amide bonds. The highest BCUT2D eigenvalue weighted by molar-refractivity contribution is 5.81. The van der Waals surface area contributed by atoms with Gasteiger partial charge in [-0.2, -0.15) is 0 Å². The lowest BCUT2D eigenvalue weighted by Gasteiger charge is -2.34. The molecule has 0 spiro atoms. The zero-order valence-corrected chi connectivity index (χ0v) is 40.1. The minimum Gasteiger partial charge on any atom is -0.390 e. The second-order valence-electron chi connectivity index (χ2n) is 15.7. The summed E-state index contributed by atoms with van der Waals surface area (Å²) in [6.45, 7) is 13.9. The van der Waals surface area contributed by atoms with E-state index in [9.17, 15) is 9.90 Å². The number of hydrogen-bond acceptors (Lipinski definition) is 21. The van der Waals surface area contributed by atoms with Gasteiger partial charge in [0.25, 0.3) is 0 Å². The third kappa shape index (κ3) is 63.5. The summed E-state index contributed by atoms with van der Waals surface area (Å²) in [4.78, 5) is 13.9. The van der Waals surface area contributed by atoms with E-state index in [0.717, 1.165) is 45.7 Å². The van der Waals surface area contributed by atoms with Crippen LogP contribution in [0.5, 0.6) is 0 Å². The Morgan fingerprint density at radius 3 is 1.13 bits per heavy atom. The Morgan fingerprint density at radius 1 is 0.617 bits per heavy atom. The average molecular weight is 878 g/mol. The Hall–Kier alpha value is -1.13. The van der Waals surface area contributed by atoms with Gasteiger partial charge in [-0.05, 0) is 119 Å². The lowest BCUT2D eigenvalue weighted by atomic mass is 9.74. The molecule has 0 bridgehead atoms. The smallest absolute Gasteiger partial charge is 0.159 e. The molecule has 0 aliphatic heterocycles. The van der Waals surface area contributed by atoms with Crippen LogP contribution in [0.1, 0.15) is 52.4 Å². The van der Waals surface area contributed by atoms with E-state index in [-0.39, 0.29) is 49.6 Å². The fourth-order valence-electron chi connectivity index (χ4n) is 4.04. The maximum atomic E-state index is 9.93. The third-order valence-electron chi connectivity index (χ3n) is 8.73. The third-order valence-corrected chi connectivity index (χ3v) is 8.73. The van der Waals surface area contributed by atoms with Crippen molar-refractivity contribution in [2.45, 2.75) is 70.7 Å². The highest BCUT2D eigenvalue weighted by Crippen LogP contribution is 2.33. The molecule has 21 heteroatoms. The number of carbonyl (C=O) groups excluding carboxylic acids is 1. The van der Waals surface area contributed by atoms with Crippen molar-refractivity contribution in [2.75, 3.05) is 161 Å². The lowest BCUT2D eigenvalue weighted by Crippen LogP contribution is -2.41. The van der Waals surface area contributed by atoms with Crippen molar-refractivity contribution in [2.24, 2.45) is 85.6 Å². The minimum absolute atomic E-state index is 0.0417. The minimum atomic E-state index is -0.509. The zero-order valence-electron chi connectivity index (χ0n) is 40.1. The van der Waals surface area contributed by atoms with Crippen molar-refractivity contribution in [1.82, 2.24) is 25.8 Å². The molecule has 0 unspecified atom stereocenters. The number of nitrogens with two attached hydrogens (primary N) is 12. The van der Waals surface area contributed by atoms with Crippen LogP contribution in [0.15, 0.2) is 0 Å². The Balaban J connectivity index is -0.000000108. The number of Topliss-reactive ketones (excluding diaryl/α,β-unsaturated/α-hetero) is 1. The van der Waals surface area contributed by atoms with Gasteiger partial charge in [0, 0.05) is 64.3 Å². The molecule has 1 aliphatic rings. The number of likely N-dealkylation sites (N-methyl/N-ethyl adjacent to an activating group) is 4. The largest absolute Gasteiger partial charge is 0.390 e. The van der Waals surface area contributed by atoms with Crippen molar-refractivity contribution < 1.29 is 20.1 Å². The van der Waals surface area contributed by atoms with E-state index in [1.54, 1.807) is 0 Å². The number of ketones is 1. The molecule has 60 heavy (non-hydrogen) atoms. The fraction of sp³-hybridized carbons (Fsp3) is 0.974. The van der Waals surface area contributed by atoms with Gasteiger partial charge in [0.05, 0.1) is 31.4 Å². The van der Waals surface area contributed by atoms with Gasteiger partial charge < -0.3 is 110 Å². The summed E-state index contributed by atoms with van der Waals surface area (Å²) in [6.07, 6.45) is 6.61. The van der Waals surface area contributed by atoms with Crippen LogP contribution in [0, 0.1) is 16.7 Å². The van der Waals surface area contributed by atoms with Gasteiger partial charge in [0.15, 0.2) is 5.78 Å². The van der Waals surface area contributed by atoms with E-state index in [1.807, 2.05) is 73.0 Å². The molecule has 1 aliphatic carbocycles. The van der Waals surface area contributed by atoms with Gasteiger partial charge in [0.1, 0.15) is 0 Å². The zero-order chi connectivity index (χ0) is 48.4. The number of hydrogen-bond donors (Lipinski definition) is 18. The Kier molecular flexibility index (Phi) is 68.3. The number of nitrogens with zero attached hydrogens (tertiary/aromatic N) is 2. The van der Waals surface area contributed by atoms with Crippen LogP contribution in [-0.4, -0.2) is 210 Å². The monoisotopic (exact) mass is 878 g/mol. The standard InChI is InChI=1S/C8H18N2.C7H18N2O.C5H15N3.C5H14N2O.2C4H12N2.C3H10N2O.C3H8N2O/c9-6-8(7-10)4-2-1-3-5-8;1-8(2)5-7(10)6-9(3)4;1-5(2-6,3-7)4-8;1-6-3-5(8)4-7-2;1-4(2-5)3-6;1-6-4-2-3-5;2*4-1-3(6)2-5/h1-7,9-10H2;7,10H,5-6H2,1-4H3;2-4,6-8H2,1H3;5-8H,3-4H2,1-2H3;4H,2-3,5-6H2,1H3;6H,2-5H2,1H3;3,6H,1-2,4-5H2;1-2,4-5H2. The van der Waals surface area contributed by atoms with Crippen LogP contribution in [0.4, 0.5) is 0 Å². The first-order chi connectivity index (χ1) is 28.2. The maximum absolute atomic E-state index is 9.93. The van der Waals surface area contributed by atoms with E-state index < -0.39 is 6.10 Å². The first-order valence-corrected chi connectivity index (χ1v) is 21.4. The van der Waals surface area contributed by atoms with Gasteiger partial charge in [-0.1, -0.05) is 33.1 Å². The summed E-state index contributed by atoms with van der Waals surface area (Å²) in [5.74, 6) is 0.389. The lowest BCUT2D eigenvalue weighted by molar-refractivity contribution is -0.116. The molecule has 1 fully saturated rings. The first-order valence-electron chi connectivity index (χ1n) is 21.4. The van der Waals surface area contributed by atoms with Gasteiger partial charge >= 0.3 is 0 Å². The fourth-order valence-corrected chi connectivity index (χ4v) is 4.04. The number of nitrogens with one attached hydrogen (secondary N) is 3. The van der Waals surface area contributed by atoms with E-state index >= 15 is 0 Å². The summed E-state index contributed by atoms with van der Waals surface area (Å²) in [7, 11) is 13.4. The Morgan fingerprint density at radius 2 is 1.00 bits per heavy atom. The topological polar surface area (TPSA) is 433 Å². The van der Waals surface area contributed by atoms with Crippen LogP contribution in [0.25, 0.3) is 0 Å². The maximum Gasteiger partial charge on any atom is 0.159 e. The van der Waals surface area contributed by atoms with Crippen molar-refractivity contribution in [3.63, 3.8) is 0 Å². The molecular formula is C39H107N17O4. The van der Waals surface area contributed by atoms with E-state index in [4.69, 9.17) is 79.0 Å². The first kappa shape index (κ1) is 73.3. The van der Waals surface area contributed by atoms with Crippen LogP contribution in [-0.2, 0) is 4.79 Å².